The normalized spacial score (nSPS) is 14.4. The van der Waals surface area contributed by atoms with Gasteiger partial charge in [-0.1, -0.05) is 12.1 Å². The van der Waals surface area contributed by atoms with Crippen molar-refractivity contribution < 1.29 is 0 Å². The van der Waals surface area contributed by atoms with Crippen LogP contribution < -0.4 is 5.73 Å². The average Bonchev–Trinajstić information content (AvgIpc) is 3.16. The highest BCUT2D eigenvalue weighted by Gasteiger charge is 2.19. The van der Waals surface area contributed by atoms with E-state index in [1.165, 1.54) is 22.0 Å². The van der Waals surface area contributed by atoms with E-state index in [-0.39, 0.29) is 0 Å². The molecule has 0 fully saturated rings. The van der Waals surface area contributed by atoms with E-state index in [0.717, 1.165) is 48.8 Å². The number of benzene rings is 2. The van der Waals surface area contributed by atoms with Crippen LogP contribution in [0.25, 0.3) is 22.3 Å². The molecule has 0 radical (unpaired) electrons. The molecule has 5 heteroatoms. The highest BCUT2D eigenvalue weighted by molar-refractivity contribution is 5.79. The number of hydrogen-bond acceptors (Lipinski definition) is 4. The highest BCUT2D eigenvalue weighted by atomic mass is 15.1. The molecule has 2 aromatic carbocycles. The Hall–Kier alpha value is -3.18. The fourth-order valence-corrected chi connectivity index (χ4v) is 3.72. The first-order chi connectivity index (χ1) is 13.2. The van der Waals surface area contributed by atoms with E-state index in [4.69, 9.17) is 10.7 Å². The largest absolute Gasteiger partial charge is 0.399 e. The monoisotopic (exact) mass is 355 g/mol. The van der Waals surface area contributed by atoms with Crippen molar-refractivity contribution in [3.8, 4) is 11.4 Å². The van der Waals surface area contributed by atoms with Crippen LogP contribution in [0.15, 0.2) is 60.9 Å². The van der Waals surface area contributed by atoms with E-state index in [1.807, 2.05) is 36.7 Å². The third kappa shape index (κ3) is 3.17. The zero-order valence-corrected chi connectivity index (χ0v) is 15.0. The van der Waals surface area contributed by atoms with E-state index >= 15 is 0 Å². The number of nitrogen functional groups attached to an aromatic ring is 1. The summed E-state index contributed by atoms with van der Waals surface area (Å²) in [6.07, 6.45) is 4.96. The summed E-state index contributed by atoms with van der Waals surface area (Å²) in [4.78, 5) is 15.1. The minimum atomic E-state index is 0.752. The van der Waals surface area contributed by atoms with Gasteiger partial charge in [-0.05, 0) is 59.3 Å². The summed E-state index contributed by atoms with van der Waals surface area (Å²) in [6.45, 7) is 2.80. The maximum atomic E-state index is 5.79. The zero-order valence-electron chi connectivity index (χ0n) is 15.0. The van der Waals surface area contributed by atoms with Crippen molar-refractivity contribution >= 4 is 16.6 Å². The number of aromatic nitrogens is 3. The lowest BCUT2D eigenvalue weighted by molar-refractivity contribution is 0.241. The topological polar surface area (TPSA) is 70.8 Å². The van der Waals surface area contributed by atoms with Gasteiger partial charge in [0, 0.05) is 48.8 Å². The van der Waals surface area contributed by atoms with E-state index in [0.29, 0.717) is 0 Å². The lowest BCUT2D eigenvalue weighted by atomic mass is 10.0. The van der Waals surface area contributed by atoms with Crippen LogP contribution in [0.1, 0.15) is 16.8 Å². The minimum absolute atomic E-state index is 0.752. The first kappa shape index (κ1) is 16.0. The number of rotatable bonds is 3. The van der Waals surface area contributed by atoms with Gasteiger partial charge < -0.3 is 10.7 Å². The van der Waals surface area contributed by atoms with Gasteiger partial charge in [0.2, 0.25) is 0 Å². The van der Waals surface area contributed by atoms with Crippen LogP contribution in [0.2, 0.25) is 0 Å². The molecule has 3 N–H and O–H groups in total. The van der Waals surface area contributed by atoms with Gasteiger partial charge >= 0.3 is 0 Å². The molecule has 4 aromatic rings. The Morgan fingerprint density at radius 1 is 1.07 bits per heavy atom. The molecule has 0 unspecified atom stereocenters. The maximum Gasteiger partial charge on any atom is 0.159 e. The van der Waals surface area contributed by atoms with Gasteiger partial charge in [-0.2, -0.15) is 0 Å². The standard InChI is InChI=1S/C22H21N5/c23-19-5-3-17(4-6-19)22-25-12-18-8-10-27(14-21(18)26-22)13-15-1-2-16-7-9-24-20(16)11-15/h1-7,9,11-12,24H,8,10,13-14,23H2. The molecular weight excluding hydrogens is 334 g/mol. The molecule has 27 heavy (non-hydrogen) atoms. The molecule has 0 saturated heterocycles. The number of nitrogens with two attached hydrogens (primary N) is 1. The molecule has 1 aliphatic heterocycles. The van der Waals surface area contributed by atoms with Crippen LogP contribution in [-0.4, -0.2) is 26.4 Å². The Kier molecular flexibility index (Phi) is 3.87. The zero-order chi connectivity index (χ0) is 18.2. The molecule has 0 amide bonds. The molecule has 3 heterocycles. The number of nitrogens with one attached hydrogen (secondary N) is 1. The third-order valence-electron chi connectivity index (χ3n) is 5.22. The van der Waals surface area contributed by atoms with Gasteiger partial charge in [-0.25, -0.2) is 9.97 Å². The van der Waals surface area contributed by atoms with Crippen molar-refractivity contribution in [2.75, 3.05) is 12.3 Å². The van der Waals surface area contributed by atoms with Crippen LogP contribution in [-0.2, 0) is 19.5 Å². The minimum Gasteiger partial charge on any atom is -0.399 e. The highest BCUT2D eigenvalue weighted by Crippen LogP contribution is 2.23. The molecule has 0 atom stereocenters. The van der Waals surface area contributed by atoms with Crippen molar-refractivity contribution in [2.24, 2.45) is 0 Å². The van der Waals surface area contributed by atoms with Gasteiger partial charge in [0.1, 0.15) is 0 Å². The first-order valence-electron chi connectivity index (χ1n) is 9.24. The number of fused-ring (bicyclic) bond motifs is 2. The second-order valence-electron chi connectivity index (χ2n) is 7.15. The molecular formula is C22H21N5. The Bertz CT molecular complexity index is 1100. The van der Waals surface area contributed by atoms with E-state index in [1.54, 1.807) is 0 Å². The molecule has 2 aromatic heterocycles. The summed E-state index contributed by atoms with van der Waals surface area (Å²) in [5.74, 6) is 0.767. The fraction of sp³-hybridized carbons (Fsp3) is 0.182. The lowest BCUT2D eigenvalue weighted by Gasteiger charge is -2.28. The molecule has 5 rings (SSSR count). The summed E-state index contributed by atoms with van der Waals surface area (Å²) in [5, 5.41) is 1.25. The Labute approximate surface area is 157 Å². The van der Waals surface area contributed by atoms with E-state index in [9.17, 15) is 0 Å². The van der Waals surface area contributed by atoms with Crippen LogP contribution in [0.5, 0.6) is 0 Å². The SMILES string of the molecule is Nc1ccc(-c2ncc3c(n2)CN(Cc2ccc4cc[nH]c4c2)CC3)cc1. The Balaban J connectivity index is 1.37. The average molecular weight is 355 g/mol. The number of anilines is 1. The van der Waals surface area contributed by atoms with Gasteiger partial charge in [-0.3, -0.25) is 4.90 Å². The van der Waals surface area contributed by atoms with Crippen LogP contribution >= 0.6 is 0 Å². The van der Waals surface area contributed by atoms with Crippen LogP contribution in [0.4, 0.5) is 5.69 Å². The quantitative estimate of drug-likeness (QED) is 0.549. The maximum absolute atomic E-state index is 5.79. The molecule has 0 saturated carbocycles. The molecule has 0 spiro atoms. The van der Waals surface area contributed by atoms with Gasteiger partial charge in [0.05, 0.1) is 5.69 Å². The van der Waals surface area contributed by atoms with E-state index < -0.39 is 0 Å². The summed E-state index contributed by atoms with van der Waals surface area (Å²) in [5.41, 5.74) is 12.4. The smallest absolute Gasteiger partial charge is 0.159 e. The summed E-state index contributed by atoms with van der Waals surface area (Å²) >= 11 is 0. The third-order valence-corrected chi connectivity index (χ3v) is 5.22. The first-order valence-corrected chi connectivity index (χ1v) is 9.24. The molecule has 1 aliphatic rings. The molecule has 0 bridgehead atoms. The van der Waals surface area contributed by atoms with Crippen molar-refractivity contribution in [3.63, 3.8) is 0 Å². The second-order valence-corrected chi connectivity index (χ2v) is 7.15. The van der Waals surface area contributed by atoms with Crippen molar-refractivity contribution in [1.29, 1.82) is 0 Å². The number of H-pyrrole nitrogens is 1. The van der Waals surface area contributed by atoms with Crippen molar-refractivity contribution in [2.45, 2.75) is 19.5 Å². The molecule has 5 nitrogen and oxygen atoms in total. The van der Waals surface area contributed by atoms with Gasteiger partial charge in [0.15, 0.2) is 5.82 Å². The van der Waals surface area contributed by atoms with Crippen LogP contribution in [0.3, 0.4) is 0 Å². The number of nitrogens with zero attached hydrogens (tertiary/aromatic N) is 3. The predicted octanol–water partition coefficient (Wildman–Crippen LogP) is 3.77. The summed E-state index contributed by atoms with van der Waals surface area (Å²) < 4.78 is 0. The predicted molar refractivity (Wildman–Crippen MR) is 108 cm³/mol. The van der Waals surface area contributed by atoms with E-state index in [2.05, 4.69) is 39.1 Å². The van der Waals surface area contributed by atoms with Crippen molar-refractivity contribution in [3.05, 3.63) is 77.7 Å². The summed E-state index contributed by atoms with van der Waals surface area (Å²) in [7, 11) is 0. The molecule has 134 valence electrons. The fourth-order valence-electron chi connectivity index (χ4n) is 3.72. The number of hydrogen-bond donors (Lipinski definition) is 2. The Morgan fingerprint density at radius 2 is 1.96 bits per heavy atom. The van der Waals surface area contributed by atoms with Gasteiger partial charge in [0.25, 0.3) is 0 Å². The van der Waals surface area contributed by atoms with Crippen molar-refractivity contribution in [1.82, 2.24) is 19.9 Å². The lowest BCUT2D eigenvalue weighted by Crippen LogP contribution is -2.31. The summed E-state index contributed by atoms with van der Waals surface area (Å²) in [6, 6.07) is 16.5. The molecule has 0 aliphatic carbocycles. The van der Waals surface area contributed by atoms with Gasteiger partial charge in [-0.15, -0.1) is 0 Å². The van der Waals surface area contributed by atoms with Crippen LogP contribution in [0, 0.1) is 0 Å². The Morgan fingerprint density at radius 3 is 2.85 bits per heavy atom. The number of aromatic amines is 1. The second kappa shape index (κ2) is 6.52.